The fourth-order valence-corrected chi connectivity index (χ4v) is 1.51. The number of urea groups is 1. The number of nitrogens with one attached hydrogen (secondary N) is 2. The molecule has 4 N–H and O–H groups in total. The molecule has 0 saturated carbocycles. The third-order valence-electron chi connectivity index (χ3n) is 2.34. The van der Waals surface area contributed by atoms with Crippen LogP contribution in [0.25, 0.3) is 0 Å². The van der Waals surface area contributed by atoms with Crippen molar-refractivity contribution in [3.8, 4) is 0 Å². The van der Waals surface area contributed by atoms with Gasteiger partial charge in [0.05, 0.1) is 6.10 Å². The molecule has 0 aliphatic heterocycles. The van der Waals surface area contributed by atoms with E-state index in [9.17, 15) is 19.1 Å². The molecule has 0 aromatic heterocycles. The summed E-state index contributed by atoms with van der Waals surface area (Å²) in [5.74, 6) is -1.87. The molecule has 7 heteroatoms. The van der Waals surface area contributed by atoms with Gasteiger partial charge in [-0.05, 0) is 37.6 Å². The summed E-state index contributed by atoms with van der Waals surface area (Å²) in [5.41, 5.74) is 0.811. The number of aliphatic hydroxyl groups is 1. The van der Waals surface area contributed by atoms with Crippen molar-refractivity contribution in [2.24, 2.45) is 0 Å². The van der Waals surface area contributed by atoms with Crippen LogP contribution in [0.4, 0.5) is 14.9 Å². The van der Waals surface area contributed by atoms with Crippen molar-refractivity contribution < 1.29 is 24.2 Å². The molecule has 104 valence electrons. The number of rotatable bonds is 4. The zero-order valence-electron chi connectivity index (χ0n) is 10.5. The van der Waals surface area contributed by atoms with E-state index in [1.807, 2.05) is 0 Å². The van der Waals surface area contributed by atoms with Crippen molar-refractivity contribution in [1.82, 2.24) is 5.32 Å². The molecule has 0 heterocycles. The molecule has 0 aliphatic rings. The van der Waals surface area contributed by atoms with E-state index in [4.69, 9.17) is 5.11 Å². The van der Waals surface area contributed by atoms with Crippen molar-refractivity contribution in [1.29, 1.82) is 0 Å². The minimum absolute atomic E-state index is 0.199. The van der Waals surface area contributed by atoms with Crippen LogP contribution in [0.5, 0.6) is 0 Å². The van der Waals surface area contributed by atoms with Crippen molar-refractivity contribution in [2.75, 3.05) is 5.32 Å². The molecule has 0 radical (unpaired) electrons. The fraction of sp³-hybridized carbons (Fsp3) is 0.333. The lowest BCUT2D eigenvalue weighted by molar-refractivity contribution is -0.141. The number of carbonyl (C=O) groups is 2. The minimum atomic E-state index is -1.44. The third-order valence-corrected chi connectivity index (χ3v) is 2.34. The molecule has 0 spiro atoms. The predicted molar refractivity (Wildman–Crippen MR) is 66.4 cm³/mol. The second kappa shape index (κ2) is 6.14. The average molecular weight is 270 g/mol. The Morgan fingerprint density at radius 3 is 2.42 bits per heavy atom. The topological polar surface area (TPSA) is 98.7 Å². The van der Waals surface area contributed by atoms with Gasteiger partial charge >= 0.3 is 12.0 Å². The van der Waals surface area contributed by atoms with E-state index < -0.39 is 30.0 Å². The van der Waals surface area contributed by atoms with Crippen LogP contribution in [-0.2, 0) is 4.79 Å². The number of amides is 2. The Morgan fingerprint density at radius 2 is 1.95 bits per heavy atom. The first-order chi connectivity index (χ1) is 8.79. The summed E-state index contributed by atoms with van der Waals surface area (Å²) in [5, 5.41) is 22.4. The maximum atomic E-state index is 13.1. The molecular weight excluding hydrogens is 255 g/mol. The number of aryl methyl sites for hydroxylation is 1. The number of anilines is 1. The van der Waals surface area contributed by atoms with Gasteiger partial charge in [-0.3, -0.25) is 0 Å². The van der Waals surface area contributed by atoms with Gasteiger partial charge in [0, 0.05) is 5.69 Å². The molecule has 2 amide bonds. The lowest BCUT2D eigenvalue weighted by Crippen LogP contribution is -2.49. The smallest absolute Gasteiger partial charge is 0.328 e. The zero-order chi connectivity index (χ0) is 14.6. The highest BCUT2D eigenvalue weighted by Gasteiger charge is 2.24. The lowest BCUT2D eigenvalue weighted by atomic mass is 10.2. The van der Waals surface area contributed by atoms with Gasteiger partial charge in [-0.25, -0.2) is 14.0 Å². The molecule has 0 unspecified atom stereocenters. The summed E-state index contributed by atoms with van der Waals surface area (Å²) in [6.07, 6.45) is -1.25. The summed E-state index contributed by atoms with van der Waals surface area (Å²) in [6.45, 7) is 2.90. The second-order valence-corrected chi connectivity index (χ2v) is 4.17. The van der Waals surface area contributed by atoms with Crippen molar-refractivity contribution in [3.63, 3.8) is 0 Å². The maximum absolute atomic E-state index is 13.1. The van der Waals surface area contributed by atoms with Gasteiger partial charge in [0.25, 0.3) is 0 Å². The fourth-order valence-electron chi connectivity index (χ4n) is 1.51. The summed E-state index contributed by atoms with van der Waals surface area (Å²) >= 11 is 0. The molecule has 6 nitrogen and oxygen atoms in total. The van der Waals surface area contributed by atoms with E-state index in [0.717, 1.165) is 6.07 Å². The molecule has 1 aromatic rings. The van der Waals surface area contributed by atoms with Crippen molar-refractivity contribution >= 4 is 17.7 Å². The van der Waals surface area contributed by atoms with Crippen LogP contribution < -0.4 is 10.6 Å². The first-order valence-corrected chi connectivity index (χ1v) is 5.55. The van der Waals surface area contributed by atoms with Crippen LogP contribution in [-0.4, -0.2) is 34.4 Å². The number of halogens is 1. The Labute approximate surface area is 109 Å². The minimum Gasteiger partial charge on any atom is -0.480 e. The summed E-state index contributed by atoms with van der Waals surface area (Å²) in [6, 6.07) is 1.65. The molecule has 0 fully saturated rings. The van der Waals surface area contributed by atoms with E-state index in [-0.39, 0.29) is 5.69 Å². The Balaban J connectivity index is 2.71. The zero-order valence-corrected chi connectivity index (χ0v) is 10.5. The number of aliphatic hydroxyl groups excluding tert-OH is 1. The first kappa shape index (κ1) is 14.9. The maximum Gasteiger partial charge on any atom is 0.328 e. The number of benzene rings is 1. The normalized spacial score (nSPS) is 13.5. The standard InChI is InChI=1S/C12H15FN2O4/c1-6-3-8(13)5-9(4-6)14-12(19)15-10(7(2)16)11(17)18/h3-5,7,10,16H,1-2H3,(H,17,18)(H2,14,15,19)/t7-,10+/m1/s1. The van der Waals surface area contributed by atoms with Crippen molar-refractivity contribution in [2.45, 2.75) is 26.0 Å². The Kier molecular flexibility index (Phi) is 4.82. The van der Waals surface area contributed by atoms with Gasteiger partial charge in [0.15, 0.2) is 6.04 Å². The van der Waals surface area contributed by atoms with Gasteiger partial charge < -0.3 is 20.8 Å². The van der Waals surface area contributed by atoms with Gasteiger partial charge in [0.1, 0.15) is 5.82 Å². The number of carbonyl (C=O) groups excluding carboxylic acids is 1. The van der Waals surface area contributed by atoms with E-state index >= 15 is 0 Å². The molecule has 1 rings (SSSR count). The van der Waals surface area contributed by atoms with Gasteiger partial charge in [-0.1, -0.05) is 0 Å². The highest BCUT2D eigenvalue weighted by atomic mass is 19.1. The number of hydrogen-bond donors (Lipinski definition) is 4. The van der Waals surface area contributed by atoms with E-state index in [0.29, 0.717) is 5.56 Å². The molecule has 19 heavy (non-hydrogen) atoms. The van der Waals surface area contributed by atoms with Crippen LogP contribution >= 0.6 is 0 Å². The van der Waals surface area contributed by atoms with E-state index in [2.05, 4.69) is 10.6 Å². The van der Waals surface area contributed by atoms with Crippen LogP contribution in [0.2, 0.25) is 0 Å². The SMILES string of the molecule is Cc1cc(F)cc(NC(=O)N[C@H](C(=O)O)[C@@H](C)O)c1. The summed E-state index contributed by atoms with van der Waals surface area (Å²) in [4.78, 5) is 22.3. The Hall–Kier alpha value is -2.15. The van der Waals surface area contributed by atoms with Crippen LogP contribution in [0.15, 0.2) is 18.2 Å². The molecular formula is C12H15FN2O4. The lowest BCUT2D eigenvalue weighted by Gasteiger charge is -2.17. The molecule has 2 atom stereocenters. The third kappa shape index (κ3) is 4.55. The van der Waals surface area contributed by atoms with Crippen LogP contribution in [0.3, 0.4) is 0 Å². The first-order valence-electron chi connectivity index (χ1n) is 5.55. The number of carboxylic acid groups (broad SMARTS) is 1. The monoisotopic (exact) mass is 270 g/mol. The van der Waals surface area contributed by atoms with Gasteiger partial charge in [0.2, 0.25) is 0 Å². The van der Waals surface area contributed by atoms with Crippen LogP contribution in [0, 0.1) is 12.7 Å². The molecule has 0 aliphatic carbocycles. The number of hydrogen-bond acceptors (Lipinski definition) is 3. The predicted octanol–water partition coefficient (Wildman–Crippen LogP) is 1.09. The average Bonchev–Trinajstić information content (AvgIpc) is 2.23. The van der Waals surface area contributed by atoms with Gasteiger partial charge in [-0.15, -0.1) is 0 Å². The van der Waals surface area contributed by atoms with E-state index in [1.54, 1.807) is 6.92 Å². The van der Waals surface area contributed by atoms with E-state index in [1.165, 1.54) is 19.1 Å². The summed E-state index contributed by atoms with van der Waals surface area (Å²) < 4.78 is 13.1. The summed E-state index contributed by atoms with van der Waals surface area (Å²) in [7, 11) is 0. The highest BCUT2D eigenvalue weighted by Crippen LogP contribution is 2.13. The highest BCUT2D eigenvalue weighted by molar-refractivity contribution is 5.92. The Bertz CT molecular complexity index is 470. The molecule has 0 saturated heterocycles. The van der Waals surface area contributed by atoms with Crippen molar-refractivity contribution in [3.05, 3.63) is 29.6 Å². The Morgan fingerprint density at radius 1 is 1.32 bits per heavy atom. The van der Waals surface area contributed by atoms with Crippen LogP contribution in [0.1, 0.15) is 12.5 Å². The second-order valence-electron chi connectivity index (χ2n) is 4.17. The quantitative estimate of drug-likeness (QED) is 0.658. The largest absolute Gasteiger partial charge is 0.480 e. The molecule has 1 aromatic carbocycles. The number of carboxylic acids is 1. The number of aliphatic carboxylic acids is 1. The van der Waals surface area contributed by atoms with Gasteiger partial charge in [-0.2, -0.15) is 0 Å². The molecule has 0 bridgehead atoms.